The minimum Gasteiger partial charge on any atom is -0.391 e. The van der Waals surface area contributed by atoms with Crippen LogP contribution in [0.25, 0.3) is 0 Å². The highest BCUT2D eigenvalue weighted by Gasteiger charge is 2.43. The average molecular weight is 493 g/mol. The van der Waals surface area contributed by atoms with Crippen molar-refractivity contribution in [3.05, 3.63) is 104 Å². The van der Waals surface area contributed by atoms with Crippen LogP contribution in [0.15, 0.2) is 76.4 Å². The first-order valence-corrected chi connectivity index (χ1v) is 10.7. The Morgan fingerprint density at radius 3 is 2.45 bits per heavy atom. The minimum absolute atomic E-state index is 0.0239. The molecule has 0 aliphatic heterocycles. The summed E-state index contributed by atoms with van der Waals surface area (Å²) in [5.74, 6) is 0.187. The highest BCUT2D eigenvalue weighted by Crippen LogP contribution is 2.49. The zero-order valence-corrected chi connectivity index (χ0v) is 18.4. The first kappa shape index (κ1) is 20.4. The summed E-state index contributed by atoms with van der Waals surface area (Å²) in [6, 6.07) is 20.4. The van der Waals surface area contributed by atoms with E-state index in [1.54, 1.807) is 12.1 Å². The highest BCUT2D eigenvalue weighted by molar-refractivity contribution is 9.10. The van der Waals surface area contributed by atoms with E-state index in [4.69, 9.17) is 28.0 Å². The van der Waals surface area contributed by atoms with E-state index in [0.717, 1.165) is 27.2 Å². The molecule has 3 aromatic carbocycles. The molecule has 2 atom stereocenters. The van der Waals surface area contributed by atoms with Gasteiger partial charge >= 0.3 is 0 Å². The maximum atomic E-state index is 14.0. The van der Waals surface area contributed by atoms with Gasteiger partial charge in [-0.1, -0.05) is 74.6 Å². The molecule has 0 amide bonds. The zero-order chi connectivity index (χ0) is 20.4. The van der Waals surface area contributed by atoms with E-state index in [-0.39, 0.29) is 12.5 Å². The monoisotopic (exact) mass is 491 g/mol. The van der Waals surface area contributed by atoms with Crippen molar-refractivity contribution in [2.45, 2.75) is 18.9 Å². The molecule has 4 rings (SSSR count). The average Bonchev–Trinajstić information content (AvgIpc) is 3.49. The molecule has 3 aromatic rings. The molecule has 0 aromatic heterocycles. The standard InChI is InChI=1S/C23H17BrCl2FNO/c24-16-8-4-15(5-9-16)23(19-12-18(19)14-6-10-17(25)11-7-14)28-29-13-20-21(26)2-1-3-22(20)27/h1-11,18-19H,12-13H2/b28-23-/t18-,19-/m1/s1. The Balaban J connectivity index is 1.57. The van der Waals surface area contributed by atoms with Gasteiger partial charge in [-0.15, -0.1) is 0 Å². The Labute approximate surface area is 187 Å². The third kappa shape index (κ3) is 4.82. The Bertz CT molecular complexity index is 1020. The van der Waals surface area contributed by atoms with Gasteiger partial charge in [0.1, 0.15) is 12.4 Å². The third-order valence-electron chi connectivity index (χ3n) is 5.01. The molecular weight excluding hydrogens is 476 g/mol. The lowest BCUT2D eigenvalue weighted by Crippen LogP contribution is -2.07. The van der Waals surface area contributed by atoms with Crippen molar-refractivity contribution in [2.24, 2.45) is 11.1 Å². The van der Waals surface area contributed by atoms with E-state index in [9.17, 15) is 4.39 Å². The Hall–Kier alpha value is -1.88. The molecule has 0 radical (unpaired) electrons. The molecule has 0 unspecified atom stereocenters. The van der Waals surface area contributed by atoms with E-state index in [1.165, 1.54) is 11.6 Å². The smallest absolute Gasteiger partial charge is 0.146 e. The predicted molar refractivity (Wildman–Crippen MR) is 119 cm³/mol. The summed E-state index contributed by atoms with van der Waals surface area (Å²) >= 11 is 15.6. The molecule has 1 aliphatic rings. The van der Waals surface area contributed by atoms with Crippen LogP contribution in [0.4, 0.5) is 4.39 Å². The topological polar surface area (TPSA) is 21.6 Å². The molecule has 0 bridgehead atoms. The molecule has 2 nitrogen and oxygen atoms in total. The normalized spacial score (nSPS) is 18.6. The number of hydrogen-bond donors (Lipinski definition) is 0. The third-order valence-corrected chi connectivity index (χ3v) is 6.15. The maximum absolute atomic E-state index is 14.0. The van der Waals surface area contributed by atoms with Gasteiger partial charge in [0.05, 0.1) is 10.7 Å². The van der Waals surface area contributed by atoms with Crippen molar-refractivity contribution in [2.75, 3.05) is 0 Å². The van der Waals surface area contributed by atoms with E-state index in [2.05, 4.69) is 21.1 Å². The van der Waals surface area contributed by atoms with Crippen molar-refractivity contribution >= 4 is 44.8 Å². The van der Waals surface area contributed by atoms with Gasteiger partial charge in [0, 0.05) is 21.0 Å². The Kier molecular flexibility index (Phi) is 6.23. The molecule has 6 heteroatoms. The summed E-state index contributed by atoms with van der Waals surface area (Å²) in [7, 11) is 0. The van der Waals surface area contributed by atoms with Gasteiger partial charge in [0.25, 0.3) is 0 Å². The van der Waals surface area contributed by atoms with E-state index >= 15 is 0 Å². The summed E-state index contributed by atoms with van der Waals surface area (Å²) in [5.41, 5.74) is 3.36. The first-order valence-electron chi connectivity index (χ1n) is 9.17. The fourth-order valence-corrected chi connectivity index (χ4v) is 3.98. The quantitative estimate of drug-likeness (QED) is 0.256. The van der Waals surface area contributed by atoms with Crippen molar-refractivity contribution in [3.63, 3.8) is 0 Å². The van der Waals surface area contributed by atoms with Gasteiger partial charge in [-0.05, 0) is 59.9 Å². The molecule has 1 saturated carbocycles. The molecule has 0 saturated heterocycles. The fourth-order valence-electron chi connectivity index (χ4n) is 3.37. The summed E-state index contributed by atoms with van der Waals surface area (Å²) in [6.07, 6.45) is 0.973. The van der Waals surface area contributed by atoms with Crippen LogP contribution in [0, 0.1) is 11.7 Å². The molecule has 1 aliphatic carbocycles. The number of nitrogens with zero attached hydrogens (tertiary/aromatic N) is 1. The van der Waals surface area contributed by atoms with Crippen molar-refractivity contribution in [3.8, 4) is 0 Å². The van der Waals surface area contributed by atoms with Crippen LogP contribution in [0.1, 0.15) is 29.0 Å². The van der Waals surface area contributed by atoms with Gasteiger partial charge in [0.2, 0.25) is 0 Å². The van der Waals surface area contributed by atoms with Gasteiger partial charge < -0.3 is 4.84 Å². The van der Waals surface area contributed by atoms with Crippen LogP contribution >= 0.6 is 39.1 Å². The SMILES string of the molecule is Fc1cccc(Cl)c1CO/N=C(/c1ccc(Br)cc1)[C@@H]1C[C@@H]1c1ccc(Cl)cc1. The lowest BCUT2D eigenvalue weighted by atomic mass is 10.0. The molecule has 29 heavy (non-hydrogen) atoms. The second-order valence-electron chi connectivity index (χ2n) is 6.96. The number of benzene rings is 3. The molecule has 1 fully saturated rings. The van der Waals surface area contributed by atoms with Gasteiger partial charge in [-0.2, -0.15) is 0 Å². The van der Waals surface area contributed by atoms with Crippen LogP contribution < -0.4 is 0 Å². The summed E-state index contributed by atoms with van der Waals surface area (Å²) in [4.78, 5) is 5.56. The zero-order valence-electron chi connectivity index (χ0n) is 15.3. The Morgan fingerprint density at radius 1 is 1.03 bits per heavy atom. The highest BCUT2D eigenvalue weighted by atomic mass is 79.9. The lowest BCUT2D eigenvalue weighted by molar-refractivity contribution is 0.127. The largest absolute Gasteiger partial charge is 0.391 e. The summed E-state index contributed by atoms with van der Waals surface area (Å²) in [6.45, 7) is -0.0239. The number of oxime groups is 1. The minimum atomic E-state index is -0.400. The number of halogens is 4. The second kappa shape index (κ2) is 8.86. The number of hydrogen-bond acceptors (Lipinski definition) is 2. The van der Waals surface area contributed by atoms with E-state index < -0.39 is 5.82 Å². The van der Waals surface area contributed by atoms with Crippen LogP contribution in [-0.4, -0.2) is 5.71 Å². The number of rotatable bonds is 6. The van der Waals surface area contributed by atoms with Crippen LogP contribution in [0.5, 0.6) is 0 Å². The van der Waals surface area contributed by atoms with Crippen LogP contribution in [0.3, 0.4) is 0 Å². The second-order valence-corrected chi connectivity index (χ2v) is 8.72. The van der Waals surface area contributed by atoms with Crippen LogP contribution in [0.2, 0.25) is 10.0 Å². The van der Waals surface area contributed by atoms with E-state index in [1.807, 2.05) is 48.5 Å². The Morgan fingerprint density at radius 2 is 1.76 bits per heavy atom. The van der Waals surface area contributed by atoms with Crippen LogP contribution in [-0.2, 0) is 11.4 Å². The maximum Gasteiger partial charge on any atom is 0.146 e. The molecule has 0 heterocycles. The summed E-state index contributed by atoms with van der Waals surface area (Å²) in [5, 5.41) is 5.46. The fraction of sp³-hybridized carbons (Fsp3) is 0.174. The van der Waals surface area contributed by atoms with E-state index in [0.29, 0.717) is 16.5 Å². The molecular formula is C23H17BrCl2FNO. The molecule has 0 N–H and O–H groups in total. The summed E-state index contributed by atoms with van der Waals surface area (Å²) < 4.78 is 15.0. The van der Waals surface area contributed by atoms with Gasteiger partial charge in [0.15, 0.2) is 0 Å². The molecule has 148 valence electrons. The van der Waals surface area contributed by atoms with Gasteiger partial charge in [-0.3, -0.25) is 0 Å². The van der Waals surface area contributed by atoms with Crippen molar-refractivity contribution in [1.82, 2.24) is 0 Å². The lowest BCUT2D eigenvalue weighted by Gasteiger charge is -2.09. The predicted octanol–water partition coefficient (Wildman–Crippen LogP) is 7.62. The van der Waals surface area contributed by atoms with Crippen molar-refractivity contribution in [1.29, 1.82) is 0 Å². The van der Waals surface area contributed by atoms with Gasteiger partial charge in [-0.25, -0.2) is 4.39 Å². The first-order chi connectivity index (χ1) is 14.0. The van der Waals surface area contributed by atoms with Crippen molar-refractivity contribution < 1.29 is 9.23 Å². The molecule has 0 spiro atoms.